The summed E-state index contributed by atoms with van der Waals surface area (Å²) in [6.07, 6.45) is 7.54. The minimum absolute atomic E-state index is 0.0462. The maximum Gasteiger partial charge on any atom is 0.219 e. The van der Waals surface area contributed by atoms with Crippen molar-refractivity contribution in [2.24, 2.45) is 0 Å². The van der Waals surface area contributed by atoms with Crippen molar-refractivity contribution >= 4 is 11.8 Å². The minimum Gasteiger partial charge on any atom is -0.356 e. The molecule has 0 unspecified atom stereocenters. The molecule has 0 spiro atoms. The number of unbranched alkanes of at least 4 members (excludes halogenated alkanes) is 4. The van der Waals surface area contributed by atoms with Crippen LogP contribution in [0.1, 0.15) is 86.5 Å². The largest absolute Gasteiger partial charge is 0.356 e. The van der Waals surface area contributed by atoms with Crippen LogP contribution in [0.5, 0.6) is 0 Å². The molecule has 2 N–H and O–H groups in total. The van der Waals surface area contributed by atoms with Crippen molar-refractivity contribution in [2.45, 2.75) is 104 Å². The monoisotopic (exact) mass is 353 g/mol. The van der Waals surface area contributed by atoms with Gasteiger partial charge in [0.25, 0.3) is 0 Å². The van der Waals surface area contributed by atoms with Crippen molar-refractivity contribution in [3.8, 4) is 0 Å². The third kappa shape index (κ3) is 8.70. The lowest BCUT2D eigenvalue weighted by Gasteiger charge is -2.49. The third-order valence-corrected chi connectivity index (χ3v) is 4.96. The van der Waals surface area contributed by atoms with Crippen molar-refractivity contribution in [1.82, 2.24) is 15.5 Å². The van der Waals surface area contributed by atoms with Gasteiger partial charge >= 0.3 is 0 Å². The summed E-state index contributed by atoms with van der Waals surface area (Å²) >= 11 is 0. The van der Waals surface area contributed by atoms with Gasteiger partial charge in [-0.25, -0.2) is 0 Å². The first-order valence-electron chi connectivity index (χ1n) is 9.83. The van der Waals surface area contributed by atoms with E-state index >= 15 is 0 Å². The molecule has 2 amide bonds. The standard InChI is InChI=1S/C20H39N3O2/c1-16(24)21-12-10-8-7-9-11-13-23(17(2)25)18-14-19(3,4)22-20(5,6)15-18/h18,22H,7-15H2,1-6H3,(H,21,24). The van der Waals surface area contributed by atoms with Crippen LogP contribution in [0, 0.1) is 0 Å². The SMILES string of the molecule is CC(=O)NCCCCCCCN(C(C)=O)C1CC(C)(C)NC(C)(C)C1. The summed E-state index contributed by atoms with van der Waals surface area (Å²) in [5, 5.41) is 6.52. The Hall–Kier alpha value is -1.10. The molecule has 0 radical (unpaired) electrons. The zero-order chi connectivity index (χ0) is 19.1. The van der Waals surface area contributed by atoms with E-state index in [-0.39, 0.29) is 22.9 Å². The van der Waals surface area contributed by atoms with Gasteiger partial charge in [0.2, 0.25) is 11.8 Å². The highest BCUT2D eigenvalue weighted by molar-refractivity contribution is 5.73. The number of amides is 2. The molecule has 1 rings (SSSR count). The van der Waals surface area contributed by atoms with Crippen LogP contribution >= 0.6 is 0 Å². The van der Waals surface area contributed by atoms with E-state index in [0.717, 1.165) is 58.0 Å². The van der Waals surface area contributed by atoms with Gasteiger partial charge in [-0.3, -0.25) is 9.59 Å². The second-order valence-corrected chi connectivity index (χ2v) is 8.92. The Labute approximate surface area is 154 Å². The van der Waals surface area contributed by atoms with Crippen LogP contribution in [0.15, 0.2) is 0 Å². The summed E-state index contributed by atoms with van der Waals surface area (Å²) in [6.45, 7) is 13.8. The highest BCUT2D eigenvalue weighted by Crippen LogP contribution is 2.31. The molecule has 5 nitrogen and oxygen atoms in total. The molecule has 0 aromatic rings. The first-order valence-corrected chi connectivity index (χ1v) is 9.83. The van der Waals surface area contributed by atoms with Gasteiger partial charge in [0.1, 0.15) is 0 Å². The predicted molar refractivity (Wildman–Crippen MR) is 103 cm³/mol. The number of nitrogens with zero attached hydrogens (tertiary/aromatic N) is 1. The highest BCUT2D eigenvalue weighted by Gasteiger charge is 2.40. The van der Waals surface area contributed by atoms with Gasteiger partial charge in [0, 0.05) is 44.1 Å². The molecule has 0 aromatic heterocycles. The minimum atomic E-state index is 0.0462. The van der Waals surface area contributed by atoms with Crippen LogP contribution in [0.25, 0.3) is 0 Å². The number of carbonyl (C=O) groups is 2. The Morgan fingerprint density at radius 2 is 1.48 bits per heavy atom. The molecule has 1 aliphatic heterocycles. The Balaban J connectivity index is 2.37. The predicted octanol–water partition coefficient (Wildman–Crippen LogP) is 3.23. The fourth-order valence-corrected chi connectivity index (χ4v) is 4.29. The number of hydrogen-bond acceptors (Lipinski definition) is 3. The van der Waals surface area contributed by atoms with E-state index in [9.17, 15) is 9.59 Å². The molecule has 0 aromatic carbocycles. The summed E-state index contributed by atoms with van der Waals surface area (Å²) in [7, 11) is 0. The lowest BCUT2D eigenvalue weighted by Crippen LogP contribution is -2.62. The van der Waals surface area contributed by atoms with E-state index in [2.05, 4.69) is 43.2 Å². The zero-order valence-electron chi connectivity index (χ0n) is 17.2. The van der Waals surface area contributed by atoms with Crippen LogP contribution in [0.2, 0.25) is 0 Å². The van der Waals surface area contributed by atoms with Gasteiger partial charge in [0.05, 0.1) is 0 Å². The van der Waals surface area contributed by atoms with Crippen molar-refractivity contribution in [1.29, 1.82) is 0 Å². The van der Waals surface area contributed by atoms with Gasteiger partial charge in [-0.2, -0.15) is 0 Å². The smallest absolute Gasteiger partial charge is 0.219 e. The molecule has 0 saturated carbocycles. The molecule has 0 aliphatic carbocycles. The van der Waals surface area contributed by atoms with E-state index in [1.165, 1.54) is 0 Å². The number of rotatable bonds is 9. The van der Waals surface area contributed by atoms with Gasteiger partial charge in [-0.15, -0.1) is 0 Å². The summed E-state index contributed by atoms with van der Waals surface area (Å²) in [5.41, 5.74) is 0.119. The Kier molecular flexibility index (Phi) is 8.39. The van der Waals surface area contributed by atoms with Crippen LogP contribution < -0.4 is 10.6 Å². The molecular weight excluding hydrogens is 314 g/mol. The van der Waals surface area contributed by atoms with Crippen LogP contribution in [0.4, 0.5) is 0 Å². The van der Waals surface area contributed by atoms with Crippen LogP contribution in [0.3, 0.4) is 0 Å². The molecule has 1 aliphatic rings. The van der Waals surface area contributed by atoms with Crippen molar-refractivity contribution in [3.05, 3.63) is 0 Å². The lowest BCUT2D eigenvalue weighted by molar-refractivity contribution is -0.133. The van der Waals surface area contributed by atoms with E-state index in [4.69, 9.17) is 0 Å². The van der Waals surface area contributed by atoms with Gasteiger partial charge in [-0.1, -0.05) is 19.3 Å². The average molecular weight is 354 g/mol. The number of nitrogens with one attached hydrogen (secondary N) is 2. The molecule has 5 heteroatoms. The van der Waals surface area contributed by atoms with Crippen molar-refractivity contribution in [3.63, 3.8) is 0 Å². The molecule has 1 saturated heterocycles. The van der Waals surface area contributed by atoms with E-state index in [1.807, 2.05) is 0 Å². The normalized spacial score (nSPS) is 19.4. The third-order valence-electron chi connectivity index (χ3n) is 4.96. The molecule has 1 fully saturated rings. The van der Waals surface area contributed by atoms with Crippen LogP contribution in [-0.4, -0.2) is 46.9 Å². The first-order chi connectivity index (χ1) is 11.5. The Morgan fingerprint density at radius 3 is 2.00 bits per heavy atom. The van der Waals surface area contributed by atoms with Gasteiger partial charge < -0.3 is 15.5 Å². The molecular formula is C20H39N3O2. The maximum absolute atomic E-state index is 12.2. The second kappa shape index (κ2) is 9.56. The molecule has 0 atom stereocenters. The average Bonchev–Trinajstić information content (AvgIpc) is 2.41. The quantitative estimate of drug-likeness (QED) is 0.626. The lowest BCUT2D eigenvalue weighted by atomic mass is 9.79. The van der Waals surface area contributed by atoms with Gasteiger partial charge in [0.15, 0.2) is 0 Å². The zero-order valence-corrected chi connectivity index (χ0v) is 17.2. The van der Waals surface area contributed by atoms with Crippen molar-refractivity contribution in [2.75, 3.05) is 13.1 Å². The van der Waals surface area contributed by atoms with E-state index in [1.54, 1.807) is 13.8 Å². The molecule has 1 heterocycles. The fraction of sp³-hybridized carbons (Fsp3) is 0.900. The molecule has 146 valence electrons. The summed E-state index contributed by atoms with van der Waals surface area (Å²) in [6, 6.07) is 0.323. The van der Waals surface area contributed by atoms with Gasteiger partial charge in [-0.05, 0) is 53.4 Å². The number of piperidine rings is 1. The highest BCUT2D eigenvalue weighted by atomic mass is 16.2. The summed E-state index contributed by atoms with van der Waals surface area (Å²) < 4.78 is 0. The molecule has 25 heavy (non-hydrogen) atoms. The second-order valence-electron chi connectivity index (χ2n) is 8.92. The summed E-state index contributed by atoms with van der Waals surface area (Å²) in [5.74, 6) is 0.245. The topological polar surface area (TPSA) is 61.4 Å². The molecule has 0 bridgehead atoms. The summed E-state index contributed by atoms with van der Waals surface area (Å²) in [4.78, 5) is 25.1. The van der Waals surface area contributed by atoms with Crippen molar-refractivity contribution < 1.29 is 9.59 Å². The number of carbonyl (C=O) groups excluding carboxylic acids is 2. The van der Waals surface area contributed by atoms with E-state index < -0.39 is 0 Å². The number of hydrogen-bond donors (Lipinski definition) is 2. The Bertz CT molecular complexity index is 430. The fourth-order valence-electron chi connectivity index (χ4n) is 4.29. The maximum atomic E-state index is 12.2. The first kappa shape index (κ1) is 21.9. The van der Waals surface area contributed by atoms with E-state index in [0.29, 0.717) is 6.04 Å². The Morgan fingerprint density at radius 1 is 0.960 bits per heavy atom. The van der Waals surface area contributed by atoms with Crippen LogP contribution in [-0.2, 0) is 9.59 Å².